The molecule has 3 aromatic rings. The Morgan fingerprint density at radius 2 is 1.77 bits per heavy atom. The van der Waals surface area contributed by atoms with Crippen LogP contribution in [-0.2, 0) is 9.59 Å². The van der Waals surface area contributed by atoms with Gasteiger partial charge in [0.05, 0.1) is 6.54 Å². The number of carbonyl (C=O) groups is 2. The van der Waals surface area contributed by atoms with Crippen molar-refractivity contribution in [2.75, 3.05) is 18.5 Å². The molecule has 2 aromatic carbocycles. The molecule has 0 aliphatic rings. The lowest BCUT2D eigenvalue weighted by atomic mass is 10.2. The normalized spacial score (nSPS) is 10.2. The number of anilines is 1. The maximum atomic E-state index is 11.9. The Morgan fingerprint density at radius 3 is 2.46 bits per heavy atom. The molecule has 0 unspecified atom stereocenters. The summed E-state index contributed by atoms with van der Waals surface area (Å²) in [6, 6.07) is 16.4. The Balaban J connectivity index is 1.41. The van der Waals surface area contributed by atoms with Gasteiger partial charge in [0.1, 0.15) is 10.8 Å². The van der Waals surface area contributed by atoms with E-state index < -0.39 is 0 Å². The number of para-hydroxylation sites is 1. The molecule has 26 heavy (non-hydrogen) atoms. The van der Waals surface area contributed by atoms with E-state index in [-0.39, 0.29) is 25.0 Å². The molecule has 0 saturated heterocycles. The van der Waals surface area contributed by atoms with E-state index in [9.17, 15) is 9.59 Å². The summed E-state index contributed by atoms with van der Waals surface area (Å²) in [7, 11) is 0. The third kappa shape index (κ3) is 5.15. The standard InChI is InChI=1S/C19H17N3O3S/c23-17(12-21-18(24)13-25-16-4-2-1-3-5-16)22-15-8-6-14(7-9-15)19-20-10-11-26-19/h1-11H,12-13H2,(H,21,24)(H,22,23). The van der Waals surface area contributed by atoms with Crippen LogP contribution in [-0.4, -0.2) is 29.9 Å². The second-order valence-corrected chi connectivity index (χ2v) is 6.24. The Kier molecular flexibility index (Phi) is 5.95. The molecular formula is C19H17N3O3S. The van der Waals surface area contributed by atoms with E-state index in [2.05, 4.69) is 15.6 Å². The molecule has 0 aliphatic heterocycles. The van der Waals surface area contributed by atoms with Crippen molar-refractivity contribution in [1.82, 2.24) is 10.3 Å². The molecule has 0 saturated carbocycles. The molecule has 7 heteroatoms. The van der Waals surface area contributed by atoms with Crippen LogP contribution in [0.4, 0.5) is 5.69 Å². The highest BCUT2D eigenvalue weighted by atomic mass is 32.1. The zero-order valence-electron chi connectivity index (χ0n) is 13.8. The zero-order chi connectivity index (χ0) is 18.2. The fourth-order valence-electron chi connectivity index (χ4n) is 2.16. The SMILES string of the molecule is O=C(COc1ccccc1)NCC(=O)Nc1ccc(-c2nccs2)cc1. The minimum absolute atomic E-state index is 0.120. The van der Waals surface area contributed by atoms with E-state index in [0.717, 1.165) is 10.6 Å². The van der Waals surface area contributed by atoms with Crippen molar-refractivity contribution in [2.45, 2.75) is 0 Å². The number of aromatic nitrogens is 1. The van der Waals surface area contributed by atoms with Gasteiger partial charge < -0.3 is 15.4 Å². The highest BCUT2D eigenvalue weighted by Crippen LogP contribution is 2.23. The van der Waals surface area contributed by atoms with E-state index >= 15 is 0 Å². The number of nitrogens with zero attached hydrogens (tertiary/aromatic N) is 1. The highest BCUT2D eigenvalue weighted by molar-refractivity contribution is 7.13. The summed E-state index contributed by atoms with van der Waals surface area (Å²) in [6.45, 7) is -0.259. The molecule has 1 heterocycles. The van der Waals surface area contributed by atoms with Crippen molar-refractivity contribution >= 4 is 28.8 Å². The predicted molar refractivity (Wildman–Crippen MR) is 101 cm³/mol. The van der Waals surface area contributed by atoms with Crippen LogP contribution in [0.1, 0.15) is 0 Å². The molecule has 0 spiro atoms. The summed E-state index contributed by atoms with van der Waals surface area (Å²) >= 11 is 1.55. The summed E-state index contributed by atoms with van der Waals surface area (Å²) in [5.41, 5.74) is 1.65. The quantitative estimate of drug-likeness (QED) is 0.673. The third-order valence-corrected chi connectivity index (χ3v) is 4.23. The Morgan fingerprint density at radius 1 is 1.00 bits per heavy atom. The molecule has 132 valence electrons. The summed E-state index contributed by atoms with van der Waals surface area (Å²) in [6.07, 6.45) is 1.75. The van der Waals surface area contributed by atoms with E-state index in [1.54, 1.807) is 41.8 Å². The molecule has 0 atom stereocenters. The van der Waals surface area contributed by atoms with Crippen LogP contribution in [0.15, 0.2) is 66.2 Å². The number of nitrogens with one attached hydrogen (secondary N) is 2. The van der Waals surface area contributed by atoms with Crippen molar-refractivity contribution in [2.24, 2.45) is 0 Å². The molecule has 1 aromatic heterocycles. The van der Waals surface area contributed by atoms with Gasteiger partial charge >= 0.3 is 0 Å². The molecule has 0 fully saturated rings. The largest absolute Gasteiger partial charge is 0.484 e. The number of rotatable bonds is 7. The Hall–Kier alpha value is -3.19. The smallest absolute Gasteiger partial charge is 0.258 e. The maximum Gasteiger partial charge on any atom is 0.258 e. The summed E-state index contributed by atoms with van der Waals surface area (Å²) < 4.78 is 5.32. The van der Waals surface area contributed by atoms with Crippen LogP contribution in [0.5, 0.6) is 5.75 Å². The first-order valence-corrected chi connectivity index (χ1v) is 8.83. The van der Waals surface area contributed by atoms with Crippen molar-refractivity contribution in [3.05, 3.63) is 66.2 Å². The van der Waals surface area contributed by atoms with Crippen LogP contribution >= 0.6 is 11.3 Å². The minimum Gasteiger partial charge on any atom is -0.484 e. The van der Waals surface area contributed by atoms with Gasteiger partial charge in [0, 0.05) is 22.8 Å². The topological polar surface area (TPSA) is 80.3 Å². The number of benzene rings is 2. The van der Waals surface area contributed by atoms with E-state index in [0.29, 0.717) is 11.4 Å². The van der Waals surface area contributed by atoms with Gasteiger partial charge in [-0.15, -0.1) is 11.3 Å². The van der Waals surface area contributed by atoms with Gasteiger partial charge in [0.2, 0.25) is 5.91 Å². The predicted octanol–water partition coefficient (Wildman–Crippen LogP) is 2.94. The first-order chi connectivity index (χ1) is 12.7. The lowest BCUT2D eigenvalue weighted by Gasteiger charge is -2.08. The van der Waals surface area contributed by atoms with E-state index in [1.165, 1.54) is 0 Å². The fourth-order valence-corrected chi connectivity index (χ4v) is 2.81. The lowest BCUT2D eigenvalue weighted by Crippen LogP contribution is -2.35. The molecule has 2 amide bonds. The summed E-state index contributed by atoms with van der Waals surface area (Å²) in [5.74, 6) is -0.0596. The van der Waals surface area contributed by atoms with Crippen LogP contribution < -0.4 is 15.4 Å². The minimum atomic E-state index is -0.358. The molecule has 3 rings (SSSR count). The van der Waals surface area contributed by atoms with E-state index in [1.807, 2.05) is 35.7 Å². The summed E-state index contributed by atoms with van der Waals surface area (Å²) in [4.78, 5) is 27.9. The van der Waals surface area contributed by atoms with Crippen LogP contribution in [0.25, 0.3) is 10.6 Å². The van der Waals surface area contributed by atoms with Gasteiger partial charge in [0.15, 0.2) is 6.61 Å². The number of hydrogen-bond acceptors (Lipinski definition) is 5. The molecule has 0 bridgehead atoms. The van der Waals surface area contributed by atoms with E-state index in [4.69, 9.17) is 4.74 Å². The first kappa shape index (κ1) is 17.6. The van der Waals surface area contributed by atoms with Gasteiger partial charge in [-0.05, 0) is 36.4 Å². The van der Waals surface area contributed by atoms with Crippen molar-refractivity contribution in [1.29, 1.82) is 0 Å². The maximum absolute atomic E-state index is 11.9. The van der Waals surface area contributed by atoms with Gasteiger partial charge in [-0.3, -0.25) is 9.59 Å². The lowest BCUT2D eigenvalue weighted by molar-refractivity contribution is -0.125. The van der Waals surface area contributed by atoms with Crippen LogP contribution in [0.3, 0.4) is 0 Å². The average molecular weight is 367 g/mol. The summed E-state index contributed by atoms with van der Waals surface area (Å²) in [5, 5.41) is 8.09. The fraction of sp³-hybridized carbons (Fsp3) is 0.105. The average Bonchev–Trinajstić information content (AvgIpc) is 3.21. The van der Waals surface area contributed by atoms with Crippen molar-refractivity contribution in [3.8, 4) is 16.3 Å². The number of ether oxygens (including phenoxy) is 1. The molecule has 2 N–H and O–H groups in total. The number of amides is 2. The second kappa shape index (κ2) is 8.77. The molecule has 0 radical (unpaired) electrons. The van der Waals surface area contributed by atoms with Crippen LogP contribution in [0, 0.1) is 0 Å². The molecule has 0 aliphatic carbocycles. The van der Waals surface area contributed by atoms with Gasteiger partial charge in [-0.25, -0.2) is 4.98 Å². The third-order valence-electron chi connectivity index (χ3n) is 3.41. The molecule has 6 nitrogen and oxygen atoms in total. The monoisotopic (exact) mass is 367 g/mol. The Bertz CT molecular complexity index is 850. The van der Waals surface area contributed by atoms with Gasteiger partial charge in [-0.2, -0.15) is 0 Å². The van der Waals surface area contributed by atoms with Gasteiger partial charge in [0.25, 0.3) is 5.91 Å². The second-order valence-electron chi connectivity index (χ2n) is 5.34. The Labute approximate surface area is 154 Å². The van der Waals surface area contributed by atoms with Gasteiger partial charge in [-0.1, -0.05) is 18.2 Å². The van der Waals surface area contributed by atoms with Crippen LogP contribution in [0.2, 0.25) is 0 Å². The number of hydrogen-bond donors (Lipinski definition) is 2. The zero-order valence-corrected chi connectivity index (χ0v) is 14.7. The highest BCUT2D eigenvalue weighted by Gasteiger charge is 2.07. The van der Waals surface area contributed by atoms with Crippen molar-refractivity contribution in [3.63, 3.8) is 0 Å². The molecular weight excluding hydrogens is 350 g/mol. The van der Waals surface area contributed by atoms with Crippen molar-refractivity contribution < 1.29 is 14.3 Å². The number of carbonyl (C=O) groups excluding carboxylic acids is 2. The first-order valence-electron chi connectivity index (χ1n) is 7.95. The number of thiazole rings is 1.